The largest absolute Gasteiger partial charge is 0.356 e. The van der Waals surface area contributed by atoms with Crippen molar-refractivity contribution in [3.05, 3.63) is 50.9 Å². The lowest BCUT2D eigenvalue weighted by Gasteiger charge is -2.36. The van der Waals surface area contributed by atoms with Crippen molar-refractivity contribution < 1.29 is 4.79 Å². The van der Waals surface area contributed by atoms with Gasteiger partial charge in [-0.05, 0) is 43.9 Å². The van der Waals surface area contributed by atoms with Crippen LogP contribution in [0.1, 0.15) is 47.2 Å². The van der Waals surface area contributed by atoms with Gasteiger partial charge in [-0.2, -0.15) is 0 Å². The van der Waals surface area contributed by atoms with Crippen molar-refractivity contribution in [2.24, 2.45) is 5.92 Å². The Bertz CT molecular complexity index is 910. The van der Waals surface area contributed by atoms with Crippen LogP contribution in [0.15, 0.2) is 18.2 Å². The van der Waals surface area contributed by atoms with E-state index in [2.05, 4.69) is 16.8 Å². The normalized spacial score (nSPS) is 17.6. The standard InChI is InChI=1S/C21H24Cl2N4O/c1-13-5-8-26(9-6-13)20-16-12-27(10-7-19(16)24-14(2)25-20)21(28)15-3-4-17(22)18(23)11-15/h3-4,11,13H,5-10,12H2,1-2H3. The summed E-state index contributed by atoms with van der Waals surface area (Å²) in [5, 5.41) is 0.847. The van der Waals surface area contributed by atoms with E-state index < -0.39 is 0 Å². The number of fused-ring (bicyclic) bond motifs is 1. The van der Waals surface area contributed by atoms with Gasteiger partial charge in [0.15, 0.2) is 0 Å². The molecule has 0 N–H and O–H groups in total. The fraction of sp³-hybridized carbons (Fsp3) is 0.476. The highest BCUT2D eigenvalue weighted by Crippen LogP contribution is 2.31. The molecular weight excluding hydrogens is 395 g/mol. The number of piperidine rings is 1. The Morgan fingerprint density at radius 1 is 1.11 bits per heavy atom. The molecule has 0 spiro atoms. The van der Waals surface area contributed by atoms with Gasteiger partial charge in [0.05, 0.1) is 22.3 Å². The molecule has 4 rings (SSSR count). The summed E-state index contributed by atoms with van der Waals surface area (Å²) in [6, 6.07) is 5.03. The fourth-order valence-electron chi connectivity index (χ4n) is 3.98. The highest BCUT2D eigenvalue weighted by molar-refractivity contribution is 6.42. The molecule has 28 heavy (non-hydrogen) atoms. The molecule has 0 atom stereocenters. The number of rotatable bonds is 2. The number of carbonyl (C=O) groups excluding carboxylic acids is 1. The lowest BCUT2D eigenvalue weighted by molar-refractivity contribution is 0.0733. The molecule has 0 aliphatic carbocycles. The molecule has 1 aromatic carbocycles. The first-order valence-electron chi connectivity index (χ1n) is 9.78. The van der Waals surface area contributed by atoms with E-state index in [0.29, 0.717) is 28.7 Å². The summed E-state index contributed by atoms with van der Waals surface area (Å²) in [6.45, 7) is 7.42. The van der Waals surface area contributed by atoms with E-state index in [-0.39, 0.29) is 5.91 Å². The summed E-state index contributed by atoms with van der Waals surface area (Å²) < 4.78 is 0. The average Bonchev–Trinajstić information content (AvgIpc) is 2.69. The molecule has 2 aromatic rings. The number of halogens is 2. The van der Waals surface area contributed by atoms with Crippen molar-refractivity contribution in [2.75, 3.05) is 24.5 Å². The Labute approximate surface area is 175 Å². The predicted molar refractivity (Wildman–Crippen MR) is 112 cm³/mol. The molecule has 1 amide bonds. The molecule has 7 heteroatoms. The number of carbonyl (C=O) groups is 1. The zero-order chi connectivity index (χ0) is 19.8. The molecule has 0 radical (unpaired) electrons. The highest BCUT2D eigenvalue weighted by Gasteiger charge is 2.29. The van der Waals surface area contributed by atoms with Crippen molar-refractivity contribution in [1.82, 2.24) is 14.9 Å². The number of anilines is 1. The van der Waals surface area contributed by atoms with Gasteiger partial charge in [0, 0.05) is 37.2 Å². The third kappa shape index (κ3) is 3.83. The second kappa shape index (κ2) is 7.88. The van der Waals surface area contributed by atoms with Crippen LogP contribution in [0.2, 0.25) is 10.0 Å². The molecule has 0 bridgehead atoms. The zero-order valence-electron chi connectivity index (χ0n) is 16.2. The van der Waals surface area contributed by atoms with Gasteiger partial charge in [-0.3, -0.25) is 4.79 Å². The van der Waals surface area contributed by atoms with Gasteiger partial charge >= 0.3 is 0 Å². The van der Waals surface area contributed by atoms with E-state index in [4.69, 9.17) is 28.2 Å². The lowest BCUT2D eigenvalue weighted by atomic mass is 9.98. The van der Waals surface area contributed by atoms with E-state index in [0.717, 1.165) is 48.3 Å². The maximum Gasteiger partial charge on any atom is 0.254 e. The topological polar surface area (TPSA) is 49.3 Å². The highest BCUT2D eigenvalue weighted by atomic mass is 35.5. The number of nitrogens with zero attached hydrogens (tertiary/aromatic N) is 4. The van der Waals surface area contributed by atoms with Gasteiger partial charge in [-0.25, -0.2) is 9.97 Å². The molecule has 5 nitrogen and oxygen atoms in total. The predicted octanol–water partition coefficient (Wildman–Crippen LogP) is 4.53. The van der Waals surface area contributed by atoms with Crippen LogP contribution in [-0.2, 0) is 13.0 Å². The number of hydrogen-bond donors (Lipinski definition) is 0. The second-order valence-corrected chi connectivity index (χ2v) is 8.61. The van der Waals surface area contributed by atoms with Crippen LogP contribution in [0.4, 0.5) is 5.82 Å². The van der Waals surface area contributed by atoms with Crippen LogP contribution in [0.5, 0.6) is 0 Å². The number of aromatic nitrogens is 2. The fourth-order valence-corrected chi connectivity index (χ4v) is 4.28. The van der Waals surface area contributed by atoms with Crippen molar-refractivity contribution in [3.8, 4) is 0 Å². The number of hydrogen-bond acceptors (Lipinski definition) is 4. The van der Waals surface area contributed by atoms with E-state index >= 15 is 0 Å². The summed E-state index contributed by atoms with van der Waals surface area (Å²) in [5.74, 6) is 2.52. The van der Waals surface area contributed by atoms with Crippen LogP contribution in [0, 0.1) is 12.8 Å². The quantitative estimate of drug-likeness (QED) is 0.718. The minimum absolute atomic E-state index is 0.0389. The maximum absolute atomic E-state index is 13.0. The zero-order valence-corrected chi connectivity index (χ0v) is 17.7. The number of amides is 1. The molecule has 1 saturated heterocycles. The minimum Gasteiger partial charge on any atom is -0.356 e. The summed E-state index contributed by atoms with van der Waals surface area (Å²) >= 11 is 12.1. The van der Waals surface area contributed by atoms with E-state index in [1.165, 1.54) is 12.8 Å². The van der Waals surface area contributed by atoms with Gasteiger partial charge in [-0.1, -0.05) is 30.1 Å². The molecule has 0 unspecified atom stereocenters. The third-order valence-corrected chi connectivity index (χ3v) is 6.43. The molecule has 1 fully saturated rings. The summed E-state index contributed by atoms with van der Waals surface area (Å²) in [6.07, 6.45) is 3.08. The van der Waals surface area contributed by atoms with E-state index in [1.54, 1.807) is 18.2 Å². The van der Waals surface area contributed by atoms with Crippen molar-refractivity contribution in [1.29, 1.82) is 0 Å². The average molecular weight is 419 g/mol. The molecule has 2 aliphatic heterocycles. The Kier molecular flexibility index (Phi) is 5.48. The Morgan fingerprint density at radius 2 is 1.86 bits per heavy atom. The van der Waals surface area contributed by atoms with Crippen LogP contribution in [-0.4, -0.2) is 40.4 Å². The molecular formula is C21H24Cl2N4O. The smallest absolute Gasteiger partial charge is 0.254 e. The minimum atomic E-state index is -0.0389. The van der Waals surface area contributed by atoms with Crippen molar-refractivity contribution in [2.45, 2.75) is 39.7 Å². The third-order valence-electron chi connectivity index (χ3n) is 5.69. The van der Waals surface area contributed by atoms with Gasteiger partial charge in [0.25, 0.3) is 5.91 Å². The van der Waals surface area contributed by atoms with Crippen molar-refractivity contribution in [3.63, 3.8) is 0 Å². The van der Waals surface area contributed by atoms with E-state index in [9.17, 15) is 4.79 Å². The number of benzene rings is 1. The second-order valence-electron chi connectivity index (χ2n) is 7.79. The van der Waals surface area contributed by atoms with Crippen LogP contribution >= 0.6 is 23.2 Å². The van der Waals surface area contributed by atoms with Crippen molar-refractivity contribution >= 4 is 34.9 Å². The molecule has 2 aliphatic rings. The monoisotopic (exact) mass is 418 g/mol. The SMILES string of the molecule is Cc1nc2c(c(N3CCC(C)CC3)n1)CN(C(=O)c1ccc(Cl)c(Cl)c1)CC2. The van der Waals surface area contributed by atoms with Gasteiger partial charge in [0.2, 0.25) is 0 Å². The summed E-state index contributed by atoms with van der Waals surface area (Å²) in [5.41, 5.74) is 2.71. The van der Waals surface area contributed by atoms with Gasteiger partial charge < -0.3 is 9.80 Å². The Balaban J connectivity index is 1.62. The number of aryl methyl sites for hydroxylation is 1. The van der Waals surface area contributed by atoms with Crippen LogP contribution < -0.4 is 4.90 Å². The molecule has 148 valence electrons. The van der Waals surface area contributed by atoms with Gasteiger partial charge in [0.1, 0.15) is 11.6 Å². The molecule has 1 aromatic heterocycles. The lowest BCUT2D eigenvalue weighted by Crippen LogP contribution is -2.40. The first-order valence-corrected chi connectivity index (χ1v) is 10.5. The van der Waals surface area contributed by atoms with Gasteiger partial charge in [-0.15, -0.1) is 0 Å². The van der Waals surface area contributed by atoms with E-state index in [1.807, 2.05) is 11.8 Å². The van der Waals surface area contributed by atoms with Crippen LogP contribution in [0.3, 0.4) is 0 Å². The first-order chi connectivity index (χ1) is 13.4. The Hall–Kier alpha value is -1.85. The van der Waals surface area contributed by atoms with Crippen LogP contribution in [0.25, 0.3) is 0 Å². The molecule has 3 heterocycles. The molecule has 0 saturated carbocycles. The first kappa shape index (κ1) is 19.5. The Morgan fingerprint density at radius 3 is 2.57 bits per heavy atom. The summed E-state index contributed by atoms with van der Waals surface area (Å²) in [7, 11) is 0. The summed E-state index contributed by atoms with van der Waals surface area (Å²) in [4.78, 5) is 26.7. The maximum atomic E-state index is 13.0.